The first-order chi connectivity index (χ1) is 12.0. The van der Waals surface area contributed by atoms with Crippen molar-refractivity contribution in [2.75, 3.05) is 11.9 Å². The Bertz CT molecular complexity index is 799. The molecule has 1 aromatic heterocycles. The van der Waals surface area contributed by atoms with Crippen LogP contribution in [0.25, 0.3) is 0 Å². The minimum Gasteiger partial charge on any atom is -0.459 e. The molecule has 130 valence electrons. The van der Waals surface area contributed by atoms with Crippen molar-refractivity contribution in [2.45, 2.75) is 25.8 Å². The molecular weight excluding hydrogens is 322 g/mol. The number of hydrogen-bond acceptors (Lipinski definition) is 4. The van der Waals surface area contributed by atoms with Crippen LogP contribution < -0.4 is 16.0 Å². The summed E-state index contributed by atoms with van der Waals surface area (Å²) in [5.74, 6) is -0.310. The molecule has 0 saturated carbocycles. The number of anilines is 1. The number of benzene rings is 1. The van der Waals surface area contributed by atoms with E-state index >= 15 is 0 Å². The van der Waals surface area contributed by atoms with Gasteiger partial charge in [0.1, 0.15) is 0 Å². The molecule has 2 heterocycles. The lowest BCUT2D eigenvalue weighted by Gasteiger charge is -2.15. The zero-order valence-electron chi connectivity index (χ0n) is 13.8. The van der Waals surface area contributed by atoms with Crippen molar-refractivity contribution >= 4 is 23.4 Å². The molecule has 1 unspecified atom stereocenters. The van der Waals surface area contributed by atoms with Gasteiger partial charge in [-0.3, -0.25) is 14.4 Å². The van der Waals surface area contributed by atoms with Crippen LogP contribution in [-0.2, 0) is 16.0 Å². The number of carbonyl (C=O) groups excluding carboxylic acids is 3. The third kappa shape index (κ3) is 4.06. The van der Waals surface area contributed by atoms with Gasteiger partial charge >= 0.3 is 0 Å². The fraction of sp³-hybridized carbons (Fsp3) is 0.278. The zero-order valence-corrected chi connectivity index (χ0v) is 13.8. The van der Waals surface area contributed by atoms with E-state index in [9.17, 15) is 14.4 Å². The Morgan fingerprint density at radius 3 is 2.92 bits per heavy atom. The lowest BCUT2D eigenvalue weighted by Crippen LogP contribution is -2.32. The first-order valence-electron chi connectivity index (χ1n) is 8.06. The summed E-state index contributed by atoms with van der Waals surface area (Å²) in [4.78, 5) is 35.1. The van der Waals surface area contributed by atoms with E-state index in [1.165, 1.54) is 6.26 Å². The first kappa shape index (κ1) is 16.8. The Morgan fingerprint density at radius 1 is 1.32 bits per heavy atom. The van der Waals surface area contributed by atoms with Gasteiger partial charge in [0.15, 0.2) is 5.76 Å². The minimum absolute atomic E-state index is 0.0175. The van der Waals surface area contributed by atoms with Crippen LogP contribution >= 0.6 is 0 Å². The van der Waals surface area contributed by atoms with Gasteiger partial charge in [-0.25, -0.2) is 0 Å². The molecule has 1 aromatic carbocycles. The topological polar surface area (TPSA) is 100 Å². The van der Waals surface area contributed by atoms with E-state index in [0.717, 1.165) is 16.8 Å². The Labute approximate surface area is 144 Å². The molecule has 0 radical (unpaired) electrons. The van der Waals surface area contributed by atoms with Gasteiger partial charge in [-0.2, -0.15) is 0 Å². The van der Waals surface area contributed by atoms with Gasteiger partial charge in [0.2, 0.25) is 11.8 Å². The molecular formula is C18H19N3O4. The third-order valence-electron chi connectivity index (χ3n) is 4.01. The summed E-state index contributed by atoms with van der Waals surface area (Å²) < 4.78 is 4.98. The average Bonchev–Trinajstić information content (AvgIpc) is 3.22. The number of nitrogens with one attached hydrogen (secondary N) is 3. The summed E-state index contributed by atoms with van der Waals surface area (Å²) in [6, 6.07) is 8.66. The molecule has 1 aliphatic heterocycles. The Morgan fingerprint density at radius 2 is 2.16 bits per heavy atom. The predicted octanol–water partition coefficient (Wildman–Crippen LogP) is 1.77. The maximum atomic E-state index is 12.0. The minimum atomic E-state index is -0.346. The molecule has 0 bridgehead atoms. The van der Waals surface area contributed by atoms with Crippen molar-refractivity contribution in [1.29, 1.82) is 0 Å². The monoisotopic (exact) mass is 341 g/mol. The van der Waals surface area contributed by atoms with Crippen LogP contribution in [0.4, 0.5) is 5.69 Å². The maximum absolute atomic E-state index is 12.0. The van der Waals surface area contributed by atoms with E-state index < -0.39 is 0 Å². The second-order valence-electron chi connectivity index (χ2n) is 5.91. The first-order valence-corrected chi connectivity index (χ1v) is 8.06. The van der Waals surface area contributed by atoms with Gasteiger partial charge in [0.25, 0.3) is 5.91 Å². The van der Waals surface area contributed by atoms with Crippen LogP contribution in [-0.4, -0.2) is 24.3 Å². The summed E-state index contributed by atoms with van der Waals surface area (Å²) in [7, 11) is 0. The van der Waals surface area contributed by atoms with Crippen molar-refractivity contribution in [2.24, 2.45) is 0 Å². The van der Waals surface area contributed by atoms with Crippen molar-refractivity contribution in [3.8, 4) is 0 Å². The van der Waals surface area contributed by atoms with Crippen molar-refractivity contribution < 1.29 is 18.8 Å². The maximum Gasteiger partial charge on any atom is 0.286 e. The number of fused-ring (bicyclic) bond motifs is 1. The van der Waals surface area contributed by atoms with E-state index in [-0.39, 0.29) is 42.5 Å². The molecule has 1 atom stereocenters. The normalized spacial score (nSPS) is 13.7. The number of amides is 3. The summed E-state index contributed by atoms with van der Waals surface area (Å²) in [6.45, 7) is 2.10. The molecule has 0 fully saturated rings. The molecule has 3 amide bonds. The highest BCUT2D eigenvalue weighted by molar-refractivity contribution is 5.99. The quantitative estimate of drug-likeness (QED) is 0.745. The Balaban J connectivity index is 1.47. The highest BCUT2D eigenvalue weighted by Gasteiger charge is 2.19. The van der Waals surface area contributed by atoms with Gasteiger partial charge in [-0.15, -0.1) is 0 Å². The number of furan rings is 1. The predicted molar refractivity (Wildman–Crippen MR) is 91.0 cm³/mol. The molecule has 2 aromatic rings. The van der Waals surface area contributed by atoms with Crippen molar-refractivity contribution in [3.63, 3.8) is 0 Å². The Hall–Kier alpha value is -3.09. The summed E-state index contributed by atoms with van der Waals surface area (Å²) in [5.41, 5.74) is 2.70. The Kier molecular flexibility index (Phi) is 4.83. The molecule has 1 aliphatic rings. The van der Waals surface area contributed by atoms with Crippen LogP contribution in [0.2, 0.25) is 0 Å². The summed E-state index contributed by atoms with van der Waals surface area (Å²) >= 11 is 0. The van der Waals surface area contributed by atoms with Gasteiger partial charge in [-0.1, -0.05) is 12.1 Å². The SMILES string of the molecule is CC(NC(=O)CCNC(=O)c1ccco1)c1ccc2c(c1)CC(=O)N2. The second kappa shape index (κ2) is 7.21. The van der Waals surface area contributed by atoms with Gasteiger partial charge in [-0.05, 0) is 36.2 Å². The fourth-order valence-electron chi connectivity index (χ4n) is 2.70. The van der Waals surface area contributed by atoms with Crippen molar-refractivity contribution in [3.05, 3.63) is 53.5 Å². The number of carbonyl (C=O) groups is 3. The van der Waals surface area contributed by atoms with E-state index in [1.807, 2.05) is 25.1 Å². The highest BCUT2D eigenvalue weighted by atomic mass is 16.3. The van der Waals surface area contributed by atoms with E-state index in [2.05, 4.69) is 16.0 Å². The lowest BCUT2D eigenvalue weighted by molar-refractivity contribution is -0.121. The smallest absolute Gasteiger partial charge is 0.286 e. The fourth-order valence-corrected chi connectivity index (χ4v) is 2.70. The van der Waals surface area contributed by atoms with Gasteiger partial charge in [0.05, 0.1) is 18.7 Å². The van der Waals surface area contributed by atoms with Crippen LogP contribution in [0, 0.1) is 0 Å². The molecule has 7 nitrogen and oxygen atoms in total. The van der Waals surface area contributed by atoms with Crippen LogP contribution in [0.15, 0.2) is 41.0 Å². The average molecular weight is 341 g/mol. The standard InChI is InChI=1S/C18H19N3O4/c1-11(12-4-5-14-13(9-12)10-17(23)21-14)20-16(22)6-7-19-18(24)15-3-2-8-25-15/h2-5,8-9,11H,6-7,10H2,1H3,(H,19,24)(H,20,22)(H,21,23). The largest absolute Gasteiger partial charge is 0.459 e. The summed E-state index contributed by atoms with van der Waals surface area (Å²) in [5, 5.41) is 8.30. The molecule has 0 saturated heterocycles. The van der Waals surface area contributed by atoms with Crippen LogP contribution in [0.3, 0.4) is 0 Å². The molecule has 0 aliphatic carbocycles. The molecule has 3 rings (SSSR count). The molecule has 0 spiro atoms. The van der Waals surface area contributed by atoms with Gasteiger partial charge < -0.3 is 20.4 Å². The van der Waals surface area contributed by atoms with Crippen LogP contribution in [0.5, 0.6) is 0 Å². The van der Waals surface area contributed by atoms with E-state index in [1.54, 1.807) is 12.1 Å². The number of rotatable bonds is 6. The zero-order chi connectivity index (χ0) is 17.8. The molecule has 7 heteroatoms. The molecule has 25 heavy (non-hydrogen) atoms. The lowest BCUT2D eigenvalue weighted by atomic mass is 10.0. The van der Waals surface area contributed by atoms with Gasteiger partial charge in [0, 0.05) is 18.7 Å². The van der Waals surface area contributed by atoms with E-state index in [0.29, 0.717) is 6.42 Å². The molecule has 3 N–H and O–H groups in total. The highest BCUT2D eigenvalue weighted by Crippen LogP contribution is 2.26. The summed E-state index contributed by atoms with van der Waals surface area (Å²) in [6.07, 6.45) is 1.95. The third-order valence-corrected chi connectivity index (χ3v) is 4.01. The number of hydrogen-bond donors (Lipinski definition) is 3. The van der Waals surface area contributed by atoms with Crippen LogP contribution in [0.1, 0.15) is 41.1 Å². The van der Waals surface area contributed by atoms with E-state index in [4.69, 9.17) is 4.42 Å². The second-order valence-corrected chi connectivity index (χ2v) is 5.91. The van der Waals surface area contributed by atoms with Crippen molar-refractivity contribution in [1.82, 2.24) is 10.6 Å².